The summed E-state index contributed by atoms with van der Waals surface area (Å²) in [6, 6.07) is 14.5. The van der Waals surface area contributed by atoms with Crippen molar-refractivity contribution in [2.75, 3.05) is 31.3 Å². The predicted octanol–water partition coefficient (Wildman–Crippen LogP) is 2.75. The van der Waals surface area contributed by atoms with E-state index >= 15 is 0 Å². The normalized spacial score (nSPS) is 10.4. The van der Waals surface area contributed by atoms with Crippen LogP contribution in [0.25, 0.3) is 0 Å². The van der Waals surface area contributed by atoms with Crippen molar-refractivity contribution in [1.29, 1.82) is 0 Å². The Morgan fingerprint density at radius 3 is 2.13 bits per heavy atom. The van der Waals surface area contributed by atoms with Crippen LogP contribution in [0.4, 0.5) is 11.4 Å². The standard InChI is InChI=1S/C18H21N3O2/c1-13-5-4-6-14(11-13)18(23)20-16-9-7-15(8-10-16)19-17(22)12-21(2)3/h4-11H,12H2,1-3H3,(H,19,22)(H,20,23). The predicted molar refractivity (Wildman–Crippen MR) is 92.8 cm³/mol. The van der Waals surface area contributed by atoms with Gasteiger partial charge in [0, 0.05) is 16.9 Å². The van der Waals surface area contributed by atoms with Gasteiger partial charge in [0.2, 0.25) is 5.91 Å². The van der Waals surface area contributed by atoms with Gasteiger partial charge >= 0.3 is 0 Å². The second-order valence-electron chi connectivity index (χ2n) is 5.69. The van der Waals surface area contributed by atoms with Crippen molar-refractivity contribution in [2.24, 2.45) is 0 Å². The highest BCUT2D eigenvalue weighted by atomic mass is 16.2. The molecule has 23 heavy (non-hydrogen) atoms. The molecule has 0 saturated heterocycles. The van der Waals surface area contributed by atoms with E-state index in [1.54, 1.807) is 35.2 Å². The Bertz CT molecular complexity index is 694. The summed E-state index contributed by atoms with van der Waals surface area (Å²) in [5.41, 5.74) is 3.04. The van der Waals surface area contributed by atoms with Crippen molar-refractivity contribution in [3.8, 4) is 0 Å². The third-order valence-electron chi connectivity index (χ3n) is 3.17. The maximum atomic E-state index is 12.2. The van der Waals surface area contributed by atoms with E-state index in [9.17, 15) is 9.59 Å². The molecule has 0 bridgehead atoms. The number of likely N-dealkylation sites (N-methyl/N-ethyl adjacent to an activating group) is 1. The molecule has 0 aliphatic heterocycles. The van der Waals surface area contributed by atoms with Crippen LogP contribution >= 0.6 is 0 Å². The second-order valence-corrected chi connectivity index (χ2v) is 5.69. The van der Waals surface area contributed by atoms with Gasteiger partial charge in [-0.25, -0.2) is 0 Å². The average molecular weight is 311 g/mol. The minimum absolute atomic E-state index is 0.0773. The molecule has 0 saturated carbocycles. The SMILES string of the molecule is Cc1cccc(C(=O)Nc2ccc(NC(=O)CN(C)C)cc2)c1. The first-order valence-corrected chi connectivity index (χ1v) is 7.37. The second kappa shape index (κ2) is 7.56. The van der Waals surface area contributed by atoms with Gasteiger partial charge in [-0.3, -0.25) is 9.59 Å². The minimum atomic E-state index is -0.155. The van der Waals surface area contributed by atoms with Gasteiger partial charge in [0.1, 0.15) is 0 Å². The molecule has 2 rings (SSSR count). The zero-order valence-corrected chi connectivity index (χ0v) is 13.6. The molecule has 2 amide bonds. The lowest BCUT2D eigenvalue weighted by Gasteiger charge is -2.11. The summed E-state index contributed by atoms with van der Waals surface area (Å²) in [4.78, 5) is 25.6. The molecule has 0 aliphatic rings. The van der Waals surface area contributed by atoms with Crippen LogP contribution < -0.4 is 10.6 Å². The topological polar surface area (TPSA) is 61.4 Å². The van der Waals surface area contributed by atoms with Crippen molar-refractivity contribution >= 4 is 23.2 Å². The van der Waals surface area contributed by atoms with Crippen LogP contribution in [0, 0.1) is 6.92 Å². The summed E-state index contributed by atoms with van der Waals surface area (Å²) in [5, 5.41) is 5.64. The smallest absolute Gasteiger partial charge is 0.255 e. The number of hydrogen-bond acceptors (Lipinski definition) is 3. The maximum Gasteiger partial charge on any atom is 0.255 e. The number of amides is 2. The molecule has 0 aromatic heterocycles. The number of nitrogens with one attached hydrogen (secondary N) is 2. The first kappa shape index (κ1) is 16.7. The minimum Gasteiger partial charge on any atom is -0.325 e. The van der Waals surface area contributed by atoms with Crippen LogP contribution in [0.1, 0.15) is 15.9 Å². The fourth-order valence-electron chi connectivity index (χ4n) is 2.11. The van der Waals surface area contributed by atoms with Crippen molar-refractivity contribution in [2.45, 2.75) is 6.92 Å². The number of nitrogens with zero attached hydrogens (tertiary/aromatic N) is 1. The molecule has 0 spiro atoms. The highest BCUT2D eigenvalue weighted by Gasteiger charge is 2.07. The summed E-state index contributed by atoms with van der Waals surface area (Å²) in [7, 11) is 3.67. The van der Waals surface area contributed by atoms with Crippen molar-refractivity contribution in [3.63, 3.8) is 0 Å². The molecule has 2 aromatic carbocycles. The Labute approximate surface area is 136 Å². The van der Waals surface area contributed by atoms with Gasteiger partial charge in [-0.15, -0.1) is 0 Å². The molecular formula is C18H21N3O2. The summed E-state index contributed by atoms with van der Waals surface area (Å²) < 4.78 is 0. The fraction of sp³-hybridized carbons (Fsp3) is 0.222. The van der Waals surface area contributed by atoms with Crippen molar-refractivity contribution in [3.05, 3.63) is 59.7 Å². The molecule has 0 fully saturated rings. The quantitative estimate of drug-likeness (QED) is 0.892. The Hall–Kier alpha value is -2.66. The Morgan fingerprint density at radius 1 is 0.957 bits per heavy atom. The number of benzene rings is 2. The lowest BCUT2D eigenvalue weighted by Crippen LogP contribution is -2.27. The van der Waals surface area contributed by atoms with E-state index < -0.39 is 0 Å². The van der Waals surface area contributed by atoms with E-state index in [1.807, 2.05) is 39.2 Å². The van der Waals surface area contributed by atoms with E-state index in [1.165, 1.54) is 0 Å². The zero-order chi connectivity index (χ0) is 16.8. The molecule has 5 heteroatoms. The molecule has 120 valence electrons. The van der Waals surface area contributed by atoms with Gasteiger partial charge in [-0.1, -0.05) is 17.7 Å². The molecular weight excluding hydrogens is 290 g/mol. The third kappa shape index (κ3) is 5.23. The van der Waals surface area contributed by atoms with E-state index in [0.29, 0.717) is 23.5 Å². The van der Waals surface area contributed by atoms with Crippen LogP contribution in [-0.4, -0.2) is 37.4 Å². The molecule has 2 aromatic rings. The first-order valence-electron chi connectivity index (χ1n) is 7.37. The van der Waals surface area contributed by atoms with E-state index in [0.717, 1.165) is 5.56 Å². The van der Waals surface area contributed by atoms with Crippen LogP contribution in [0.15, 0.2) is 48.5 Å². The summed E-state index contributed by atoms with van der Waals surface area (Å²) in [6.07, 6.45) is 0. The van der Waals surface area contributed by atoms with Crippen LogP contribution in [0.3, 0.4) is 0 Å². The lowest BCUT2D eigenvalue weighted by molar-refractivity contribution is -0.116. The molecule has 0 aliphatic carbocycles. The highest BCUT2D eigenvalue weighted by molar-refractivity contribution is 6.04. The molecule has 0 unspecified atom stereocenters. The lowest BCUT2D eigenvalue weighted by atomic mass is 10.1. The van der Waals surface area contributed by atoms with Crippen LogP contribution in [-0.2, 0) is 4.79 Å². The Balaban J connectivity index is 1.97. The Kier molecular flexibility index (Phi) is 5.49. The van der Waals surface area contributed by atoms with Crippen LogP contribution in [0.2, 0.25) is 0 Å². The monoisotopic (exact) mass is 311 g/mol. The molecule has 2 N–H and O–H groups in total. The molecule has 0 radical (unpaired) electrons. The summed E-state index contributed by atoms with van der Waals surface area (Å²) in [6.45, 7) is 2.27. The largest absolute Gasteiger partial charge is 0.325 e. The number of aryl methyl sites for hydroxylation is 1. The van der Waals surface area contributed by atoms with Gasteiger partial charge in [0.25, 0.3) is 5.91 Å². The van der Waals surface area contributed by atoms with E-state index in [2.05, 4.69) is 10.6 Å². The van der Waals surface area contributed by atoms with Crippen molar-refractivity contribution in [1.82, 2.24) is 4.90 Å². The number of anilines is 2. The maximum absolute atomic E-state index is 12.2. The van der Waals surface area contributed by atoms with Gasteiger partial charge in [0.15, 0.2) is 0 Å². The van der Waals surface area contributed by atoms with Gasteiger partial charge in [0.05, 0.1) is 6.54 Å². The van der Waals surface area contributed by atoms with Crippen LogP contribution in [0.5, 0.6) is 0 Å². The van der Waals surface area contributed by atoms with Gasteiger partial charge in [-0.2, -0.15) is 0 Å². The Morgan fingerprint density at radius 2 is 1.57 bits per heavy atom. The zero-order valence-electron chi connectivity index (χ0n) is 13.6. The number of carbonyl (C=O) groups is 2. The first-order chi connectivity index (χ1) is 10.9. The van der Waals surface area contributed by atoms with Crippen molar-refractivity contribution < 1.29 is 9.59 Å². The number of rotatable bonds is 5. The van der Waals surface area contributed by atoms with E-state index in [4.69, 9.17) is 0 Å². The third-order valence-corrected chi connectivity index (χ3v) is 3.17. The summed E-state index contributed by atoms with van der Waals surface area (Å²) >= 11 is 0. The average Bonchev–Trinajstić information content (AvgIpc) is 2.48. The number of hydrogen-bond donors (Lipinski definition) is 2. The molecule has 5 nitrogen and oxygen atoms in total. The van der Waals surface area contributed by atoms with Gasteiger partial charge in [-0.05, 0) is 57.4 Å². The van der Waals surface area contributed by atoms with Gasteiger partial charge < -0.3 is 15.5 Å². The van der Waals surface area contributed by atoms with E-state index in [-0.39, 0.29) is 11.8 Å². The molecule has 0 heterocycles. The number of carbonyl (C=O) groups excluding carboxylic acids is 2. The summed E-state index contributed by atoms with van der Waals surface area (Å²) in [5.74, 6) is -0.232. The highest BCUT2D eigenvalue weighted by Crippen LogP contribution is 2.15. The fourth-order valence-corrected chi connectivity index (χ4v) is 2.11. The molecule has 0 atom stereocenters.